The number of carboxylic acid groups (broad SMARTS) is 2. The minimum atomic E-state index is -1.10. The summed E-state index contributed by atoms with van der Waals surface area (Å²) in [4.78, 5) is 22.3. The maximum atomic E-state index is 11.2. The first-order chi connectivity index (χ1) is 7.45. The van der Waals surface area contributed by atoms with E-state index in [-0.39, 0.29) is 23.0 Å². The van der Waals surface area contributed by atoms with Crippen molar-refractivity contribution in [2.24, 2.45) is 11.8 Å². The molecular formula is C12H18O4. The number of hydrogen-bond acceptors (Lipinski definition) is 2. The molecule has 0 aromatic heterocycles. The fraction of sp³-hybridized carbons (Fsp3) is 0.667. The summed E-state index contributed by atoms with van der Waals surface area (Å²) in [5.41, 5.74) is 0.194. The molecule has 2 N–H and O–H groups in total. The highest BCUT2D eigenvalue weighted by Gasteiger charge is 2.31. The first kappa shape index (κ1) is 12.7. The average molecular weight is 226 g/mol. The van der Waals surface area contributed by atoms with Crippen LogP contribution in [0.15, 0.2) is 11.1 Å². The third kappa shape index (κ3) is 2.62. The summed E-state index contributed by atoms with van der Waals surface area (Å²) in [7, 11) is 0. The van der Waals surface area contributed by atoms with Crippen LogP contribution in [0.2, 0.25) is 0 Å². The van der Waals surface area contributed by atoms with Crippen LogP contribution in [-0.2, 0) is 9.59 Å². The highest BCUT2D eigenvalue weighted by molar-refractivity contribution is 5.99. The van der Waals surface area contributed by atoms with Crippen molar-refractivity contribution < 1.29 is 19.8 Å². The SMILES string of the molecule is CC(C)/C(C(=O)O)=C(\C(=O)O)C1CCCC1. The van der Waals surface area contributed by atoms with Crippen molar-refractivity contribution in [2.45, 2.75) is 39.5 Å². The minimum Gasteiger partial charge on any atom is -0.478 e. The molecule has 0 unspecified atom stereocenters. The number of rotatable bonds is 4. The molecule has 4 heteroatoms. The number of carboxylic acids is 2. The lowest BCUT2D eigenvalue weighted by Crippen LogP contribution is -2.20. The lowest BCUT2D eigenvalue weighted by atomic mass is 9.88. The molecule has 1 saturated carbocycles. The van der Waals surface area contributed by atoms with Crippen molar-refractivity contribution in [3.05, 3.63) is 11.1 Å². The van der Waals surface area contributed by atoms with E-state index in [0.29, 0.717) is 0 Å². The Morgan fingerprint density at radius 1 is 1.06 bits per heavy atom. The van der Waals surface area contributed by atoms with E-state index in [2.05, 4.69) is 0 Å². The first-order valence-electron chi connectivity index (χ1n) is 5.65. The average Bonchev–Trinajstić information content (AvgIpc) is 2.64. The Kier molecular flexibility index (Phi) is 4.10. The van der Waals surface area contributed by atoms with Gasteiger partial charge in [0.1, 0.15) is 0 Å². The second-order valence-electron chi connectivity index (χ2n) is 4.57. The summed E-state index contributed by atoms with van der Waals surface area (Å²) in [6, 6.07) is 0. The van der Waals surface area contributed by atoms with Crippen molar-refractivity contribution >= 4 is 11.9 Å². The summed E-state index contributed by atoms with van der Waals surface area (Å²) < 4.78 is 0. The Labute approximate surface area is 95.0 Å². The zero-order valence-corrected chi connectivity index (χ0v) is 9.69. The monoisotopic (exact) mass is 226 g/mol. The molecular weight excluding hydrogens is 208 g/mol. The van der Waals surface area contributed by atoms with Gasteiger partial charge in [-0.1, -0.05) is 26.7 Å². The van der Waals surface area contributed by atoms with E-state index in [4.69, 9.17) is 5.11 Å². The van der Waals surface area contributed by atoms with Crippen LogP contribution in [0.4, 0.5) is 0 Å². The first-order valence-corrected chi connectivity index (χ1v) is 5.65. The third-order valence-corrected chi connectivity index (χ3v) is 3.09. The Morgan fingerprint density at radius 3 is 1.88 bits per heavy atom. The highest BCUT2D eigenvalue weighted by Crippen LogP contribution is 2.34. The molecule has 1 rings (SSSR count). The van der Waals surface area contributed by atoms with E-state index in [0.717, 1.165) is 25.7 Å². The predicted molar refractivity (Wildman–Crippen MR) is 59.1 cm³/mol. The largest absolute Gasteiger partial charge is 0.478 e. The topological polar surface area (TPSA) is 74.6 Å². The molecule has 90 valence electrons. The van der Waals surface area contributed by atoms with Crippen molar-refractivity contribution in [1.82, 2.24) is 0 Å². The molecule has 1 fully saturated rings. The van der Waals surface area contributed by atoms with Gasteiger partial charge in [0.25, 0.3) is 0 Å². The van der Waals surface area contributed by atoms with Gasteiger partial charge >= 0.3 is 11.9 Å². The summed E-state index contributed by atoms with van der Waals surface area (Å²) in [6.07, 6.45) is 3.58. The van der Waals surface area contributed by atoms with Crippen LogP contribution in [-0.4, -0.2) is 22.2 Å². The Morgan fingerprint density at radius 2 is 1.56 bits per heavy atom. The van der Waals surface area contributed by atoms with Gasteiger partial charge in [-0.05, 0) is 24.7 Å². The standard InChI is InChI=1S/C12H18O4/c1-7(2)9(11(13)14)10(12(15)16)8-5-3-4-6-8/h7-8H,3-6H2,1-2H3,(H,13,14)(H,15,16)/b10-9+. The lowest BCUT2D eigenvalue weighted by Gasteiger charge is -2.16. The fourth-order valence-electron chi connectivity index (χ4n) is 2.40. The van der Waals surface area contributed by atoms with Gasteiger partial charge in [-0.3, -0.25) is 0 Å². The minimum absolute atomic E-state index is 0.0689. The molecule has 0 aromatic carbocycles. The van der Waals surface area contributed by atoms with Gasteiger partial charge in [-0.2, -0.15) is 0 Å². The zero-order valence-electron chi connectivity index (χ0n) is 9.69. The molecule has 16 heavy (non-hydrogen) atoms. The van der Waals surface area contributed by atoms with E-state index < -0.39 is 11.9 Å². The maximum absolute atomic E-state index is 11.2. The molecule has 0 aliphatic heterocycles. The molecule has 0 radical (unpaired) electrons. The van der Waals surface area contributed by atoms with Crippen LogP contribution in [0.3, 0.4) is 0 Å². The second-order valence-corrected chi connectivity index (χ2v) is 4.57. The second kappa shape index (κ2) is 5.14. The van der Waals surface area contributed by atoms with Crippen LogP contribution < -0.4 is 0 Å². The molecule has 0 heterocycles. The van der Waals surface area contributed by atoms with E-state index in [1.54, 1.807) is 13.8 Å². The highest BCUT2D eigenvalue weighted by atomic mass is 16.4. The fourth-order valence-corrected chi connectivity index (χ4v) is 2.40. The van der Waals surface area contributed by atoms with E-state index >= 15 is 0 Å². The Hall–Kier alpha value is -1.32. The number of carbonyl (C=O) groups is 2. The summed E-state index contributed by atoms with van der Waals surface area (Å²) in [5.74, 6) is -2.51. The molecule has 1 aliphatic rings. The Bertz CT molecular complexity index is 322. The molecule has 0 amide bonds. The molecule has 4 nitrogen and oxygen atoms in total. The van der Waals surface area contributed by atoms with Crippen molar-refractivity contribution in [1.29, 1.82) is 0 Å². The zero-order chi connectivity index (χ0) is 12.3. The van der Waals surface area contributed by atoms with Crippen LogP contribution in [0.5, 0.6) is 0 Å². The smallest absolute Gasteiger partial charge is 0.332 e. The van der Waals surface area contributed by atoms with Crippen molar-refractivity contribution in [3.8, 4) is 0 Å². The molecule has 0 bridgehead atoms. The molecule has 0 spiro atoms. The predicted octanol–water partition coefficient (Wildman–Crippen LogP) is 2.30. The number of hydrogen-bond donors (Lipinski definition) is 2. The summed E-state index contributed by atoms with van der Waals surface area (Å²) >= 11 is 0. The summed E-state index contributed by atoms with van der Waals surface area (Å²) in [5, 5.41) is 18.3. The Balaban J connectivity index is 3.18. The van der Waals surface area contributed by atoms with Gasteiger partial charge in [-0.25, -0.2) is 9.59 Å². The van der Waals surface area contributed by atoms with Gasteiger partial charge in [0.05, 0.1) is 11.1 Å². The van der Waals surface area contributed by atoms with Gasteiger partial charge in [0.2, 0.25) is 0 Å². The normalized spacial score (nSPS) is 18.7. The van der Waals surface area contributed by atoms with Crippen LogP contribution in [0, 0.1) is 11.8 Å². The summed E-state index contributed by atoms with van der Waals surface area (Å²) in [6.45, 7) is 3.45. The van der Waals surface area contributed by atoms with Crippen LogP contribution >= 0.6 is 0 Å². The van der Waals surface area contributed by atoms with Crippen LogP contribution in [0.1, 0.15) is 39.5 Å². The molecule has 1 aliphatic carbocycles. The van der Waals surface area contributed by atoms with Crippen LogP contribution in [0.25, 0.3) is 0 Å². The quantitative estimate of drug-likeness (QED) is 0.721. The van der Waals surface area contributed by atoms with Gasteiger partial charge in [0.15, 0.2) is 0 Å². The van der Waals surface area contributed by atoms with Gasteiger partial charge in [-0.15, -0.1) is 0 Å². The van der Waals surface area contributed by atoms with Crippen molar-refractivity contribution in [2.75, 3.05) is 0 Å². The van der Waals surface area contributed by atoms with E-state index in [9.17, 15) is 14.7 Å². The number of aliphatic carboxylic acids is 2. The van der Waals surface area contributed by atoms with Gasteiger partial charge in [0, 0.05) is 0 Å². The molecule has 0 saturated heterocycles. The third-order valence-electron chi connectivity index (χ3n) is 3.09. The maximum Gasteiger partial charge on any atom is 0.332 e. The van der Waals surface area contributed by atoms with E-state index in [1.165, 1.54) is 0 Å². The molecule has 0 aromatic rings. The van der Waals surface area contributed by atoms with E-state index in [1.807, 2.05) is 0 Å². The van der Waals surface area contributed by atoms with Gasteiger partial charge < -0.3 is 10.2 Å². The van der Waals surface area contributed by atoms with Crippen molar-refractivity contribution in [3.63, 3.8) is 0 Å². The lowest BCUT2D eigenvalue weighted by molar-refractivity contribution is -0.136. The molecule has 0 atom stereocenters.